The molecule has 0 aliphatic heterocycles. The van der Waals surface area contributed by atoms with Crippen molar-refractivity contribution in [2.24, 2.45) is 5.92 Å². The standard InChI is InChI=1S/C17H27NO2/c1-12(2)11-18-16(19)13(3)20-15-9-7-14(8-10-15)17(4,5)6/h7-10,12-13H,11H2,1-6H3,(H,18,19)/t13-/m1/s1. The molecule has 0 saturated carbocycles. The Bertz CT molecular complexity index is 429. The topological polar surface area (TPSA) is 38.3 Å². The lowest BCUT2D eigenvalue weighted by Gasteiger charge is -2.20. The molecule has 0 aromatic heterocycles. The Balaban J connectivity index is 2.58. The summed E-state index contributed by atoms with van der Waals surface area (Å²) in [6.07, 6.45) is -0.478. The van der Waals surface area contributed by atoms with Crippen LogP contribution in [-0.2, 0) is 10.2 Å². The van der Waals surface area contributed by atoms with Gasteiger partial charge in [-0.15, -0.1) is 0 Å². The van der Waals surface area contributed by atoms with Crippen molar-refractivity contribution in [2.75, 3.05) is 6.54 Å². The molecule has 3 nitrogen and oxygen atoms in total. The first-order valence-electron chi connectivity index (χ1n) is 7.25. The molecule has 1 aromatic carbocycles. The zero-order valence-corrected chi connectivity index (χ0v) is 13.5. The van der Waals surface area contributed by atoms with Crippen molar-refractivity contribution < 1.29 is 9.53 Å². The molecule has 1 aromatic rings. The van der Waals surface area contributed by atoms with Gasteiger partial charge in [-0.05, 0) is 36.0 Å². The maximum atomic E-state index is 11.8. The third-order valence-corrected chi connectivity index (χ3v) is 3.09. The van der Waals surface area contributed by atoms with Crippen LogP contribution < -0.4 is 10.1 Å². The van der Waals surface area contributed by atoms with Gasteiger partial charge in [0, 0.05) is 6.54 Å². The highest BCUT2D eigenvalue weighted by Gasteiger charge is 2.16. The summed E-state index contributed by atoms with van der Waals surface area (Å²) in [5.41, 5.74) is 1.38. The summed E-state index contributed by atoms with van der Waals surface area (Å²) in [5.74, 6) is 1.10. The van der Waals surface area contributed by atoms with Crippen molar-refractivity contribution in [3.63, 3.8) is 0 Å². The molecule has 0 spiro atoms. The molecule has 20 heavy (non-hydrogen) atoms. The van der Waals surface area contributed by atoms with Crippen molar-refractivity contribution in [2.45, 2.75) is 53.1 Å². The normalized spacial score (nSPS) is 13.2. The van der Waals surface area contributed by atoms with E-state index >= 15 is 0 Å². The van der Waals surface area contributed by atoms with Gasteiger partial charge < -0.3 is 10.1 Å². The average Bonchev–Trinajstić information content (AvgIpc) is 2.35. The smallest absolute Gasteiger partial charge is 0.260 e. The Morgan fingerprint density at radius 1 is 1.15 bits per heavy atom. The SMILES string of the molecule is CC(C)CNC(=O)[C@@H](C)Oc1ccc(C(C)(C)C)cc1. The van der Waals surface area contributed by atoms with Crippen LogP contribution in [0.5, 0.6) is 5.75 Å². The molecule has 0 saturated heterocycles. The number of carbonyl (C=O) groups excluding carboxylic acids is 1. The number of nitrogens with one attached hydrogen (secondary N) is 1. The highest BCUT2D eigenvalue weighted by molar-refractivity contribution is 5.80. The van der Waals surface area contributed by atoms with Crippen LogP contribution in [0.3, 0.4) is 0 Å². The van der Waals surface area contributed by atoms with E-state index < -0.39 is 6.10 Å². The van der Waals surface area contributed by atoms with E-state index in [1.165, 1.54) is 5.56 Å². The van der Waals surface area contributed by atoms with E-state index in [0.717, 1.165) is 5.75 Å². The van der Waals surface area contributed by atoms with Crippen LogP contribution in [0, 0.1) is 5.92 Å². The molecule has 0 fully saturated rings. The van der Waals surface area contributed by atoms with Gasteiger partial charge in [-0.3, -0.25) is 4.79 Å². The molecule has 0 aliphatic rings. The zero-order chi connectivity index (χ0) is 15.3. The number of hydrogen-bond donors (Lipinski definition) is 1. The Morgan fingerprint density at radius 3 is 2.15 bits per heavy atom. The molecule has 0 heterocycles. The van der Waals surface area contributed by atoms with Crippen LogP contribution in [0.4, 0.5) is 0 Å². The second-order valence-corrected chi connectivity index (χ2v) is 6.67. The maximum absolute atomic E-state index is 11.8. The Labute approximate surface area is 122 Å². The quantitative estimate of drug-likeness (QED) is 0.894. The predicted molar refractivity (Wildman–Crippen MR) is 83.1 cm³/mol. The summed E-state index contributed by atoms with van der Waals surface area (Å²) in [6.45, 7) is 13.1. The fourth-order valence-corrected chi connectivity index (χ4v) is 1.74. The summed E-state index contributed by atoms with van der Waals surface area (Å²) in [6, 6.07) is 7.95. The first kappa shape index (κ1) is 16.5. The number of hydrogen-bond acceptors (Lipinski definition) is 2. The van der Waals surface area contributed by atoms with Crippen LogP contribution in [0.15, 0.2) is 24.3 Å². The zero-order valence-electron chi connectivity index (χ0n) is 13.5. The van der Waals surface area contributed by atoms with Gasteiger partial charge in [0.05, 0.1) is 0 Å². The van der Waals surface area contributed by atoms with E-state index in [9.17, 15) is 4.79 Å². The van der Waals surface area contributed by atoms with Gasteiger partial charge >= 0.3 is 0 Å². The third kappa shape index (κ3) is 5.24. The van der Waals surface area contributed by atoms with Gasteiger partial charge in [0.2, 0.25) is 0 Å². The van der Waals surface area contributed by atoms with E-state index in [0.29, 0.717) is 12.5 Å². The highest BCUT2D eigenvalue weighted by Crippen LogP contribution is 2.24. The van der Waals surface area contributed by atoms with Gasteiger partial charge in [0.25, 0.3) is 5.91 Å². The van der Waals surface area contributed by atoms with Crippen molar-refractivity contribution >= 4 is 5.91 Å². The largest absolute Gasteiger partial charge is 0.481 e. The Hall–Kier alpha value is -1.51. The monoisotopic (exact) mass is 277 g/mol. The fourth-order valence-electron chi connectivity index (χ4n) is 1.74. The maximum Gasteiger partial charge on any atom is 0.260 e. The van der Waals surface area contributed by atoms with Gasteiger partial charge in [-0.1, -0.05) is 46.8 Å². The van der Waals surface area contributed by atoms with Crippen LogP contribution in [0.1, 0.15) is 47.1 Å². The second-order valence-electron chi connectivity index (χ2n) is 6.67. The van der Waals surface area contributed by atoms with Crippen molar-refractivity contribution in [1.29, 1.82) is 0 Å². The minimum absolute atomic E-state index is 0.0707. The van der Waals surface area contributed by atoms with Gasteiger partial charge in [0.15, 0.2) is 6.10 Å². The number of carbonyl (C=O) groups is 1. The minimum Gasteiger partial charge on any atom is -0.481 e. The van der Waals surface area contributed by atoms with Gasteiger partial charge in [0.1, 0.15) is 5.75 Å². The predicted octanol–water partition coefficient (Wildman–Crippen LogP) is 3.52. The highest BCUT2D eigenvalue weighted by atomic mass is 16.5. The molecule has 1 atom stereocenters. The summed E-state index contributed by atoms with van der Waals surface area (Å²) >= 11 is 0. The van der Waals surface area contributed by atoms with Crippen LogP contribution >= 0.6 is 0 Å². The summed E-state index contributed by atoms with van der Waals surface area (Å²) in [4.78, 5) is 11.8. The fraction of sp³-hybridized carbons (Fsp3) is 0.588. The molecule has 0 bridgehead atoms. The molecular weight excluding hydrogens is 250 g/mol. The third-order valence-electron chi connectivity index (χ3n) is 3.09. The number of ether oxygens (including phenoxy) is 1. The first-order valence-corrected chi connectivity index (χ1v) is 7.25. The van der Waals surface area contributed by atoms with E-state index in [4.69, 9.17) is 4.74 Å². The van der Waals surface area contributed by atoms with E-state index in [-0.39, 0.29) is 11.3 Å². The van der Waals surface area contributed by atoms with Crippen molar-refractivity contribution in [1.82, 2.24) is 5.32 Å². The molecule has 0 aliphatic carbocycles. The van der Waals surface area contributed by atoms with Gasteiger partial charge in [-0.2, -0.15) is 0 Å². The number of amides is 1. The lowest BCUT2D eigenvalue weighted by molar-refractivity contribution is -0.127. The van der Waals surface area contributed by atoms with E-state index in [1.54, 1.807) is 6.92 Å². The number of benzene rings is 1. The molecule has 0 unspecified atom stereocenters. The van der Waals surface area contributed by atoms with Crippen molar-refractivity contribution in [3.05, 3.63) is 29.8 Å². The average molecular weight is 277 g/mol. The van der Waals surface area contributed by atoms with Gasteiger partial charge in [-0.25, -0.2) is 0 Å². The minimum atomic E-state index is -0.478. The van der Waals surface area contributed by atoms with Crippen LogP contribution in [0.2, 0.25) is 0 Å². The first-order chi connectivity index (χ1) is 9.20. The van der Waals surface area contributed by atoms with Crippen molar-refractivity contribution in [3.8, 4) is 5.75 Å². The van der Waals surface area contributed by atoms with Crippen LogP contribution in [0.25, 0.3) is 0 Å². The van der Waals surface area contributed by atoms with Crippen LogP contribution in [-0.4, -0.2) is 18.6 Å². The number of rotatable bonds is 5. The molecule has 1 amide bonds. The van der Waals surface area contributed by atoms with E-state index in [2.05, 4.69) is 39.9 Å². The second kappa shape index (κ2) is 6.78. The molecule has 1 rings (SSSR count). The van der Waals surface area contributed by atoms with E-state index in [1.807, 2.05) is 24.3 Å². The molecule has 112 valence electrons. The Morgan fingerprint density at radius 2 is 1.70 bits per heavy atom. The lowest BCUT2D eigenvalue weighted by Crippen LogP contribution is -2.38. The molecule has 0 radical (unpaired) electrons. The lowest BCUT2D eigenvalue weighted by atomic mass is 9.87. The Kier molecular flexibility index (Phi) is 5.61. The summed E-state index contributed by atoms with van der Waals surface area (Å²) < 4.78 is 5.66. The molecule has 1 N–H and O–H groups in total. The summed E-state index contributed by atoms with van der Waals surface area (Å²) in [7, 11) is 0. The summed E-state index contributed by atoms with van der Waals surface area (Å²) in [5, 5.41) is 2.87. The molecule has 3 heteroatoms. The molecular formula is C17H27NO2.